The highest BCUT2D eigenvalue weighted by molar-refractivity contribution is 5.89. The van der Waals surface area contributed by atoms with Crippen LogP contribution >= 0.6 is 0 Å². The molecule has 0 saturated carbocycles. The summed E-state index contributed by atoms with van der Waals surface area (Å²) in [7, 11) is 1.35. The number of methoxy groups -OCH3 is 1. The molecule has 0 aliphatic heterocycles. The van der Waals surface area contributed by atoms with E-state index in [2.05, 4.69) is 20.7 Å². The van der Waals surface area contributed by atoms with E-state index in [0.717, 1.165) is 17.8 Å². The van der Waals surface area contributed by atoms with Gasteiger partial charge in [0.25, 0.3) is 0 Å². The third-order valence-corrected chi connectivity index (χ3v) is 3.48. The lowest BCUT2D eigenvalue weighted by molar-refractivity contribution is 0.0600. The Labute approximate surface area is 135 Å². The van der Waals surface area contributed by atoms with E-state index in [1.165, 1.54) is 7.11 Å². The maximum atomic E-state index is 11.4. The van der Waals surface area contributed by atoms with Gasteiger partial charge in [0.05, 0.1) is 24.4 Å². The minimum Gasteiger partial charge on any atom is -0.465 e. The van der Waals surface area contributed by atoms with Crippen LogP contribution in [0.3, 0.4) is 0 Å². The summed E-state index contributed by atoms with van der Waals surface area (Å²) >= 11 is 0. The van der Waals surface area contributed by atoms with Crippen LogP contribution in [0.2, 0.25) is 0 Å². The lowest BCUT2D eigenvalue weighted by Gasteiger charge is -2.16. The van der Waals surface area contributed by atoms with Crippen molar-refractivity contribution in [3.05, 3.63) is 41.8 Å². The summed E-state index contributed by atoms with van der Waals surface area (Å²) in [6, 6.07) is 9.04. The fourth-order valence-electron chi connectivity index (χ4n) is 2.17. The monoisotopic (exact) mass is 313 g/mol. The third kappa shape index (κ3) is 4.41. The number of aromatic nitrogens is 1. The minimum atomic E-state index is -0.374. The second-order valence-electron chi connectivity index (χ2n) is 4.99. The molecule has 6 nitrogen and oxygen atoms in total. The van der Waals surface area contributed by atoms with E-state index in [-0.39, 0.29) is 5.97 Å². The van der Waals surface area contributed by atoms with Crippen molar-refractivity contribution in [3.8, 4) is 17.5 Å². The molecule has 1 heterocycles. The number of oxazole rings is 1. The topological polar surface area (TPSA) is 79.4 Å². The van der Waals surface area contributed by atoms with Crippen LogP contribution in [0.1, 0.15) is 29.4 Å². The number of carbonyl (C=O) groups is 1. The first-order chi connectivity index (χ1) is 11.2. The molecule has 0 bridgehead atoms. The average Bonchev–Trinajstić information content (AvgIpc) is 3.06. The molecule has 0 spiro atoms. The first-order valence-electron chi connectivity index (χ1n) is 7.40. The van der Waals surface area contributed by atoms with Crippen molar-refractivity contribution in [2.24, 2.45) is 0 Å². The number of nitriles is 1. The van der Waals surface area contributed by atoms with E-state index < -0.39 is 0 Å². The van der Waals surface area contributed by atoms with Crippen LogP contribution in [0.4, 0.5) is 0 Å². The molecule has 0 atom stereocenters. The molecule has 0 saturated heterocycles. The second-order valence-corrected chi connectivity index (χ2v) is 4.99. The molecular weight excluding hydrogens is 294 g/mol. The Hall–Kier alpha value is -2.65. The molecule has 1 aromatic heterocycles. The number of rotatable bonds is 7. The van der Waals surface area contributed by atoms with E-state index in [0.29, 0.717) is 31.0 Å². The zero-order chi connectivity index (χ0) is 16.7. The Balaban J connectivity index is 2.06. The van der Waals surface area contributed by atoms with Crippen molar-refractivity contribution in [2.75, 3.05) is 20.2 Å². The van der Waals surface area contributed by atoms with Gasteiger partial charge in [-0.05, 0) is 30.8 Å². The zero-order valence-electron chi connectivity index (χ0n) is 13.3. The molecule has 0 amide bonds. The highest BCUT2D eigenvalue weighted by Crippen LogP contribution is 2.20. The van der Waals surface area contributed by atoms with Crippen molar-refractivity contribution in [2.45, 2.75) is 19.9 Å². The molecule has 1 aromatic carbocycles. The van der Waals surface area contributed by atoms with Crippen LogP contribution in [-0.2, 0) is 11.3 Å². The molecule has 0 aliphatic rings. The quantitative estimate of drug-likeness (QED) is 0.731. The van der Waals surface area contributed by atoms with E-state index in [9.17, 15) is 4.79 Å². The predicted octanol–water partition coefficient (Wildman–Crippen LogP) is 2.86. The molecule has 120 valence electrons. The molecule has 0 unspecified atom stereocenters. The van der Waals surface area contributed by atoms with Gasteiger partial charge < -0.3 is 9.15 Å². The van der Waals surface area contributed by atoms with Gasteiger partial charge in [0.15, 0.2) is 0 Å². The molecule has 0 aliphatic carbocycles. The summed E-state index contributed by atoms with van der Waals surface area (Å²) in [6.07, 6.45) is 2.12. The molecular formula is C17H19N3O3. The number of nitrogens with zero attached hydrogens (tertiary/aromatic N) is 3. The van der Waals surface area contributed by atoms with Gasteiger partial charge in [-0.2, -0.15) is 5.26 Å². The van der Waals surface area contributed by atoms with Crippen molar-refractivity contribution in [1.29, 1.82) is 5.26 Å². The third-order valence-electron chi connectivity index (χ3n) is 3.48. The number of esters is 1. The van der Waals surface area contributed by atoms with Gasteiger partial charge in [0.2, 0.25) is 5.89 Å². The molecule has 23 heavy (non-hydrogen) atoms. The van der Waals surface area contributed by atoms with Gasteiger partial charge in [-0.3, -0.25) is 4.90 Å². The lowest BCUT2D eigenvalue weighted by Crippen LogP contribution is -2.23. The number of carbonyl (C=O) groups excluding carboxylic acids is 1. The largest absolute Gasteiger partial charge is 0.465 e. The summed E-state index contributed by atoms with van der Waals surface area (Å²) in [5.41, 5.74) is 2.09. The Morgan fingerprint density at radius 2 is 2.13 bits per heavy atom. The highest BCUT2D eigenvalue weighted by Gasteiger charge is 2.11. The Kier molecular flexibility index (Phi) is 5.89. The van der Waals surface area contributed by atoms with Gasteiger partial charge in [-0.1, -0.05) is 6.92 Å². The van der Waals surface area contributed by atoms with Gasteiger partial charge >= 0.3 is 5.97 Å². The van der Waals surface area contributed by atoms with Crippen molar-refractivity contribution >= 4 is 5.97 Å². The van der Waals surface area contributed by atoms with E-state index in [4.69, 9.17) is 9.68 Å². The van der Waals surface area contributed by atoms with Crippen molar-refractivity contribution < 1.29 is 13.9 Å². The van der Waals surface area contributed by atoms with Crippen LogP contribution in [0.5, 0.6) is 0 Å². The standard InChI is InChI=1S/C17H19N3O3/c1-3-20(10-4-9-18)11-15-12-23-16(19-15)13-5-7-14(8-6-13)17(21)22-2/h5-8,12H,3-4,10-11H2,1-2H3. The van der Waals surface area contributed by atoms with E-state index in [1.807, 2.05) is 6.92 Å². The average molecular weight is 313 g/mol. The maximum Gasteiger partial charge on any atom is 0.337 e. The Bertz CT molecular complexity index is 686. The normalized spacial score (nSPS) is 10.5. The van der Waals surface area contributed by atoms with Gasteiger partial charge in [0, 0.05) is 25.1 Å². The zero-order valence-corrected chi connectivity index (χ0v) is 13.3. The lowest BCUT2D eigenvalue weighted by atomic mass is 10.1. The molecule has 6 heteroatoms. The molecule has 2 rings (SSSR count). The molecule has 0 N–H and O–H groups in total. The van der Waals surface area contributed by atoms with Gasteiger partial charge in [0.1, 0.15) is 6.26 Å². The van der Waals surface area contributed by atoms with Crippen molar-refractivity contribution in [1.82, 2.24) is 9.88 Å². The van der Waals surface area contributed by atoms with Crippen LogP contribution in [-0.4, -0.2) is 36.1 Å². The maximum absolute atomic E-state index is 11.4. The molecule has 0 radical (unpaired) electrons. The van der Waals surface area contributed by atoms with E-state index in [1.54, 1.807) is 30.5 Å². The number of benzene rings is 1. The van der Waals surface area contributed by atoms with Crippen LogP contribution in [0.25, 0.3) is 11.5 Å². The van der Waals surface area contributed by atoms with Crippen molar-refractivity contribution in [3.63, 3.8) is 0 Å². The van der Waals surface area contributed by atoms with Crippen LogP contribution in [0.15, 0.2) is 34.9 Å². The van der Waals surface area contributed by atoms with E-state index >= 15 is 0 Å². The highest BCUT2D eigenvalue weighted by atomic mass is 16.5. The van der Waals surface area contributed by atoms with Gasteiger partial charge in [-0.15, -0.1) is 0 Å². The molecule has 0 fully saturated rings. The molecule has 2 aromatic rings. The number of ether oxygens (including phenoxy) is 1. The minimum absolute atomic E-state index is 0.374. The first-order valence-corrected chi connectivity index (χ1v) is 7.40. The first kappa shape index (κ1) is 16.7. The summed E-state index contributed by atoms with van der Waals surface area (Å²) < 4.78 is 10.2. The van der Waals surface area contributed by atoms with Gasteiger partial charge in [-0.25, -0.2) is 9.78 Å². The summed E-state index contributed by atoms with van der Waals surface area (Å²) in [4.78, 5) is 18.0. The predicted molar refractivity (Wildman–Crippen MR) is 84.5 cm³/mol. The summed E-state index contributed by atoms with van der Waals surface area (Å²) in [5.74, 6) is 0.133. The number of hydrogen-bond donors (Lipinski definition) is 0. The second kappa shape index (κ2) is 8.11. The fraction of sp³-hybridized carbons (Fsp3) is 0.353. The number of hydrogen-bond acceptors (Lipinski definition) is 6. The summed E-state index contributed by atoms with van der Waals surface area (Å²) in [5, 5.41) is 8.67. The Morgan fingerprint density at radius 3 is 2.74 bits per heavy atom. The smallest absolute Gasteiger partial charge is 0.337 e. The van der Waals surface area contributed by atoms with Crippen LogP contribution < -0.4 is 0 Å². The fourth-order valence-corrected chi connectivity index (χ4v) is 2.17. The summed E-state index contributed by atoms with van der Waals surface area (Å²) in [6.45, 7) is 4.24. The van der Waals surface area contributed by atoms with Crippen LogP contribution in [0, 0.1) is 11.3 Å². The SMILES string of the molecule is CCN(CCC#N)Cc1coc(-c2ccc(C(=O)OC)cc2)n1. The Morgan fingerprint density at radius 1 is 1.39 bits per heavy atom.